The molecule has 1 aliphatic rings. The number of hydrogen-bond acceptors (Lipinski definition) is 5. The van der Waals surface area contributed by atoms with E-state index in [0.29, 0.717) is 36.1 Å². The summed E-state index contributed by atoms with van der Waals surface area (Å²) in [6.07, 6.45) is 3.46. The first kappa shape index (κ1) is 18.5. The number of carbonyl (C=O) groups is 2. The summed E-state index contributed by atoms with van der Waals surface area (Å²) in [5, 5.41) is 12.1. The number of benzene rings is 1. The maximum atomic E-state index is 12.6. The lowest BCUT2D eigenvalue weighted by Gasteiger charge is -2.22. The number of carbonyl (C=O) groups excluding carboxylic acids is 1. The van der Waals surface area contributed by atoms with Gasteiger partial charge in [0.25, 0.3) is 5.91 Å². The van der Waals surface area contributed by atoms with Crippen molar-refractivity contribution in [1.29, 1.82) is 0 Å². The molecule has 7 heteroatoms. The number of nitrogens with one attached hydrogen (secondary N) is 1. The maximum absolute atomic E-state index is 12.6. The second-order valence-electron chi connectivity index (χ2n) is 6.14. The van der Waals surface area contributed by atoms with Gasteiger partial charge < -0.3 is 19.6 Å². The van der Waals surface area contributed by atoms with Gasteiger partial charge in [0, 0.05) is 18.0 Å². The van der Waals surface area contributed by atoms with Gasteiger partial charge >= 0.3 is 5.97 Å². The molecule has 0 bridgehead atoms. The Morgan fingerprint density at radius 2 is 2.08 bits per heavy atom. The summed E-state index contributed by atoms with van der Waals surface area (Å²) in [6, 6.07) is 8.73. The maximum Gasteiger partial charge on any atom is 0.339 e. The topological polar surface area (TPSA) is 88.8 Å². The van der Waals surface area contributed by atoms with Gasteiger partial charge in [-0.25, -0.2) is 4.79 Å². The number of furan rings is 1. The second kappa shape index (κ2) is 8.91. The highest BCUT2D eigenvalue weighted by atomic mass is 32.2. The third-order valence-electron chi connectivity index (χ3n) is 4.27. The predicted octanol–water partition coefficient (Wildman–Crippen LogP) is 3.43. The Bertz CT molecular complexity index is 767. The summed E-state index contributed by atoms with van der Waals surface area (Å²) < 4.78 is 10.7. The zero-order valence-electron chi connectivity index (χ0n) is 14.3. The first-order chi connectivity index (χ1) is 12.6. The predicted molar refractivity (Wildman–Crippen MR) is 97.5 cm³/mol. The van der Waals surface area contributed by atoms with Crippen LogP contribution >= 0.6 is 11.8 Å². The lowest BCUT2D eigenvalue weighted by atomic mass is 10.0. The zero-order valence-corrected chi connectivity index (χ0v) is 15.1. The van der Waals surface area contributed by atoms with E-state index >= 15 is 0 Å². The van der Waals surface area contributed by atoms with Gasteiger partial charge in [0.05, 0.1) is 24.2 Å². The van der Waals surface area contributed by atoms with Crippen LogP contribution in [0.1, 0.15) is 39.3 Å². The van der Waals surface area contributed by atoms with E-state index in [1.165, 1.54) is 24.1 Å². The molecule has 1 saturated heterocycles. The molecule has 0 radical (unpaired) electrons. The number of ether oxygens (including phenoxy) is 1. The van der Waals surface area contributed by atoms with Gasteiger partial charge in [-0.2, -0.15) is 0 Å². The number of carboxylic acids is 1. The molecule has 0 spiro atoms. The number of amides is 1. The highest BCUT2D eigenvalue weighted by molar-refractivity contribution is 7.98. The van der Waals surface area contributed by atoms with E-state index in [4.69, 9.17) is 14.3 Å². The Morgan fingerprint density at radius 1 is 1.23 bits per heavy atom. The van der Waals surface area contributed by atoms with Crippen LogP contribution in [-0.4, -0.2) is 36.7 Å². The van der Waals surface area contributed by atoms with Crippen LogP contribution in [0.5, 0.6) is 0 Å². The molecule has 1 aliphatic heterocycles. The summed E-state index contributed by atoms with van der Waals surface area (Å²) in [6.45, 7) is 2.08. The van der Waals surface area contributed by atoms with E-state index in [9.17, 15) is 9.59 Å². The molecule has 2 heterocycles. The quantitative estimate of drug-likeness (QED) is 0.721. The highest BCUT2D eigenvalue weighted by Gasteiger charge is 2.18. The van der Waals surface area contributed by atoms with E-state index in [-0.39, 0.29) is 11.5 Å². The molecule has 0 aliphatic carbocycles. The molecule has 1 amide bonds. The molecule has 0 saturated carbocycles. The van der Waals surface area contributed by atoms with Gasteiger partial charge in [-0.15, -0.1) is 11.8 Å². The molecule has 1 aromatic heterocycles. The van der Waals surface area contributed by atoms with Crippen molar-refractivity contribution in [3.05, 3.63) is 53.5 Å². The lowest BCUT2D eigenvalue weighted by molar-refractivity contribution is 0.0536. The van der Waals surface area contributed by atoms with Crippen molar-refractivity contribution in [3.8, 4) is 0 Å². The van der Waals surface area contributed by atoms with Crippen molar-refractivity contribution in [2.45, 2.75) is 23.5 Å². The van der Waals surface area contributed by atoms with E-state index < -0.39 is 5.97 Å². The molecule has 2 aromatic rings. The van der Waals surface area contributed by atoms with E-state index in [0.717, 1.165) is 24.3 Å². The Kier molecular flexibility index (Phi) is 6.35. The summed E-state index contributed by atoms with van der Waals surface area (Å²) in [7, 11) is 0. The van der Waals surface area contributed by atoms with Crippen molar-refractivity contribution >= 4 is 23.6 Å². The SMILES string of the molecule is O=C(NCC1CCCOC1)c1ccccc1SCc1occc1C(=O)O. The summed E-state index contributed by atoms with van der Waals surface area (Å²) in [4.78, 5) is 24.5. The van der Waals surface area contributed by atoms with Gasteiger partial charge in [0.2, 0.25) is 0 Å². The number of aromatic carboxylic acids is 1. The monoisotopic (exact) mass is 375 g/mol. The van der Waals surface area contributed by atoms with Crippen LogP contribution in [0.15, 0.2) is 45.9 Å². The van der Waals surface area contributed by atoms with Crippen LogP contribution < -0.4 is 5.32 Å². The van der Waals surface area contributed by atoms with Crippen LogP contribution in [0.25, 0.3) is 0 Å². The first-order valence-electron chi connectivity index (χ1n) is 8.52. The van der Waals surface area contributed by atoms with Crippen LogP contribution in [0.2, 0.25) is 0 Å². The molecule has 1 aromatic carbocycles. The summed E-state index contributed by atoms with van der Waals surface area (Å²) >= 11 is 1.38. The van der Waals surface area contributed by atoms with Gasteiger partial charge in [-0.3, -0.25) is 4.79 Å². The van der Waals surface area contributed by atoms with Gasteiger partial charge in [0.15, 0.2) is 0 Å². The van der Waals surface area contributed by atoms with Crippen LogP contribution in [-0.2, 0) is 10.5 Å². The molecule has 1 fully saturated rings. The Hall–Kier alpha value is -2.25. The van der Waals surface area contributed by atoms with Gasteiger partial charge in [-0.05, 0) is 37.0 Å². The molecule has 1 atom stereocenters. The fourth-order valence-corrected chi connectivity index (χ4v) is 3.87. The average Bonchev–Trinajstić information content (AvgIpc) is 3.14. The number of carboxylic acid groups (broad SMARTS) is 1. The highest BCUT2D eigenvalue weighted by Crippen LogP contribution is 2.28. The van der Waals surface area contributed by atoms with E-state index in [1.54, 1.807) is 6.07 Å². The van der Waals surface area contributed by atoms with E-state index in [2.05, 4.69) is 5.32 Å². The standard InChI is InChI=1S/C19H21NO5S/c21-18(20-10-13-4-3-8-24-11-13)15-5-1-2-6-17(15)26-12-16-14(19(22)23)7-9-25-16/h1-2,5-7,9,13H,3-4,8,10-12H2,(H,20,21)(H,22,23). The van der Waals surface area contributed by atoms with Crippen molar-refractivity contribution < 1.29 is 23.8 Å². The Morgan fingerprint density at radius 3 is 2.85 bits per heavy atom. The van der Waals surface area contributed by atoms with Crippen molar-refractivity contribution in [2.24, 2.45) is 5.92 Å². The minimum Gasteiger partial charge on any atom is -0.478 e. The molecule has 3 rings (SSSR count). The molecule has 138 valence electrons. The third-order valence-corrected chi connectivity index (χ3v) is 5.35. The third kappa shape index (κ3) is 4.68. The molecule has 2 N–H and O–H groups in total. The summed E-state index contributed by atoms with van der Waals surface area (Å²) in [5.74, 6) is -0.0625. The fourth-order valence-electron chi connectivity index (χ4n) is 2.87. The number of thioether (sulfide) groups is 1. The number of hydrogen-bond donors (Lipinski definition) is 2. The first-order valence-corrected chi connectivity index (χ1v) is 9.51. The Balaban J connectivity index is 1.62. The van der Waals surface area contributed by atoms with Gasteiger partial charge in [-0.1, -0.05) is 12.1 Å². The van der Waals surface area contributed by atoms with Crippen LogP contribution in [0.3, 0.4) is 0 Å². The Labute approximate surface area is 155 Å². The summed E-state index contributed by atoms with van der Waals surface area (Å²) in [5.41, 5.74) is 0.731. The van der Waals surface area contributed by atoms with Crippen LogP contribution in [0, 0.1) is 5.92 Å². The van der Waals surface area contributed by atoms with Crippen molar-refractivity contribution in [3.63, 3.8) is 0 Å². The molecular weight excluding hydrogens is 354 g/mol. The van der Waals surface area contributed by atoms with Gasteiger partial charge in [0.1, 0.15) is 11.3 Å². The second-order valence-corrected chi connectivity index (χ2v) is 7.16. The number of rotatable bonds is 7. The molecule has 26 heavy (non-hydrogen) atoms. The smallest absolute Gasteiger partial charge is 0.339 e. The minimum atomic E-state index is -1.02. The van der Waals surface area contributed by atoms with Crippen molar-refractivity contribution in [1.82, 2.24) is 5.32 Å². The fraction of sp³-hybridized carbons (Fsp3) is 0.368. The molecule has 1 unspecified atom stereocenters. The molecule has 6 nitrogen and oxygen atoms in total. The van der Waals surface area contributed by atoms with Crippen molar-refractivity contribution in [2.75, 3.05) is 19.8 Å². The molecular formula is C19H21NO5S. The normalized spacial score (nSPS) is 17.0. The average molecular weight is 375 g/mol. The zero-order chi connectivity index (χ0) is 18.4. The van der Waals surface area contributed by atoms with Crippen LogP contribution in [0.4, 0.5) is 0 Å². The minimum absolute atomic E-state index is 0.128. The lowest BCUT2D eigenvalue weighted by Crippen LogP contribution is -2.33. The largest absolute Gasteiger partial charge is 0.478 e. The van der Waals surface area contributed by atoms with E-state index in [1.807, 2.05) is 18.2 Å².